The van der Waals surface area contributed by atoms with Crippen LogP contribution in [-0.2, 0) is 9.59 Å². The van der Waals surface area contributed by atoms with E-state index in [1.165, 1.54) is 25.3 Å². The maximum absolute atomic E-state index is 11.8. The molecule has 13 heteroatoms. The number of carboxylic acids is 2. The van der Waals surface area contributed by atoms with Gasteiger partial charge in [0.15, 0.2) is 12.4 Å². The van der Waals surface area contributed by atoms with Crippen LogP contribution in [0.5, 0.6) is 11.5 Å². The summed E-state index contributed by atoms with van der Waals surface area (Å²) in [6, 6.07) is 7.60. The number of halogens is 3. The molecule has 2 aromatic carbocycles. The fourth-order valence-corrected chi connectivity index (χ4v) is 3.98. The predicted octanol–water partition coefficient (Wildman–Crippen LogP) is 5.39. The number of hydrogen-bond donors (Lipinski definition) is 2. The van der Waals surface area contributed by atoms with Crippen molar-refractivity contribution in [1.82, 2.24) is 10.2 Å². The third-order valence-corrected chi connectivity index (χ3v) is 5.51. The molecule has 0 saturated carbocycles. The molecule has 0 aliphatic rings. The molecule has 0 atom stereocenters. The Morgan fingerprint density at radius 1 is 1.12 bits per heavy atom. The second-order valence-corrected chi connectivity index (χ2v) is 8.37. The van der Waals surface area contributed by atoms with E-state index in [0.29, 0.717) is 33.7 Å². The molecular formula is C20H13Cl3N2O7S. The first-order valence-electron chi connectivity index (χ1n) is 8.81. The van der Waals surface area contributed by atoms with Gasteiger partial charge in [0.2, 0.25) is 0 Å². The zero-order chi connectivity index (χ0) is 24.1. The number of ether oxygens (including phenoxy) is 2. The summed E-state index contributed by atoms with van der Waals surface area (Å²) in [4.78, 5) is 22.3. The monoisotopic (exact) mass is 530 g/mol. The normalized spacial score (nSPS) is 11.3. The Bertz CT molecular complexity index is 1220. The number of aromatic nitrogens is 2. The van der Waals surface area contributed by atoms with E-state index >= 15 is 0 Å². The molecule has 0 spiro atoms. The van der Waals surface area contributed by atoms with Crippen molar-refractivity contribution in [2.75, 3.05) is 13.7 Å². The Hall–Kier alpha value is -2.92. The van der Waals surface area contributed by atoms with Crippen LogP contribution in [0.1, 0.15) is 5.56 Å². The second-order valence-electron chi connectivity index (χ2n) is 6.13. The van der Waals surface area contributed by atoms with Crippen LogP contribution in [0.15, 0.2) is 44.9 Å². The molecule has 3 rings (SSSR count). The molecule has 0 saturated heterocycles. The van der Waals surface area contributed by atoms with Gasteiger partial charge in [-0.25, -0.2) is 9.59 Å². The summed E-state index contributed by atoms with van der Waals surface area (Å²) in [6.45, 7) is -0.637. The quantitative estimate of drug-likeness (QED) is 0.274. The second kappa shape index (κ2) is 10.8. The van der Waals surface area contributed by atoms with Crippen LogP contribution in [-0.4, -0.2) is 46.1 Å². The van der Waals surface area contributed by atoms with Gasteiger partial charge in [0, 0.05) is 5.02 Å². The highest BCUT2D eigenvalue weighted by Crippen LogP contribution is 2.37. The van der Waals surface area contributed by atoms with Crippen LogP contribution in [0.4, 0.5) is 0 Å². The van der Waals surface area contributed by atoms with Crippen molar-refractivity contribution in [1.29, 1.82) is 0 Å². The van der Waals surface area contributed by atoms with Gasteiger partial charge in [-0.3, -0.25) is 0 Å². The van der Waals surface area contributed by atoms with Gasteiger partial charge in [-0.05, 0) is 53.7 Å². The van der Waals surface area contributed by atoms with Gasteiger partial charge in [0.25, 0.3) is 11.1 Å². The van der Waals surface area contributed by atoms with Gasteiger partial charge in [-0.15, -0.1) is 10.2 Å². The molecule has 1 heterocycles. The van der Waals surface area contributed by atoms with Crippen molar-refractivity contribution in [2.24, 2.45) is 0 Å². The van der Waals surface area contributed by atoms with Crippen LogP contribution in [0, 0.1) is 0 Å². The number of rotatable bonds is 9. The number of nitrogens with zero attached hydrogens (tertiary/aromatic N) is 2. The van der Waals surface area contributed by atoms with Crippen molar-refractivity contribution in [3.8, 4) is 23.0 Å². The average molecular weight is 532 g/mol. The molecule has 0 unspecified atom stereocenters. The topological polar surface area (TPSA) is 132 Å². The van der Waals surface area contributed by atoms with E-state index in [2.05, 4.69) is 10.2 Å². The SMILES string of the molecule is COc1ccc(Cl)cc1-c1nnc(S/C(=C\c2cc(Cl)c(OCC(=O)O)c(Cl)c2)C(=O)O)o1. The molecule has 0 amide bonds. The molecule has 0 fully saturated rings. The summed E-state index contributed by atoms with van der Waals surface area (Å²) < 4.78 is 15.9. The van der Waals surface area contributed by atoms with Crippen molar-refractivity contribution in [3.63, 3.8) is 0 Å². The lowest BCUT2D eigenvalue weighted by Gasteiger charge is -2.09. The molecule has 172 valence electrons. The lowest BCUT2D eigenvalue weighted by Crippen LogP contribution is -2.10. The maximum Gasteiger partial charge on any atom is 0.342 e. The Kier molecular flexibility index (Phi) is 8.09. The number of hydrogen-bond acceptors (Lipinski definition) is 8. The first-order valence-corrected chi connectivity index (χ1v) is 10.8. The number of carboxylic acid groups (broad SMARTS) is 2. The lowest BCUT2D eigenvalue weighted by atomic mass is 10.2. The zero-order valence-electron chi connectivity index (χ0n) is 16.5. The number of aliphatic carboxylic acids is 2. The predicted molar refractivity (Wildman–Crippen MR) is 122 cm³/mol. The summed E-state index contributed by atoms with van der Waals surface area (Å²) in [5.41, 5.74) is 0.773. The van der Waals surface area contributed by atoms with Gasteiger partial charge < -0.3 is 24.1 Å². The van der Waals surface area contributed by atoms with Gasteiger partial charge in [-0.2, -0.15) is 0 Å². The third kappa shape index (κ3) is 6.32. The van der Waals surface area contributed by atoms with Crippen molar-refractivity contribution >= 4 is 64.6 Å². The number of thioether (sulfide) groups is 1. The van der Waals surface area contributed by atoms with Crippen LogP contribution in [0.2, 0.25) is 15.1 Å². The van der Waals surface area contributed by atoms with Crippen LogP contribution in [0.25, 0.3) is 17.5 Å². The van der Waals surface area contributed by atoms with E-state index in [-0.39, 0.29) is 31.8 Å². The maximum atomic E-state index is 11.8. The first-order chi connectivity index (χ1) is 15.7. The molecule has 0 aliphatic carbocycles. The van der Waals surface area contributed by atoms with Crippen LogP contribution in [0.3, 0.4) is 0 Å². The summed E-state index contributed by atoms with van der Waals surface area (Å²) in [6.07, 6.45) is 1.29. The van der Waals surface area contributed by atoms with Crippen molar-refractivity contribution in [3.05, 3.63) is 55.9 Å². The van der Waals surface area contributed by atoms with E-state index in [4.69, 9.17) is 53.8 Å². The van der Waals surface area contributed by atoms with E-state index in [1.54, 1.807) is 18.2 Å². The minimum atomic E-state index is -1.27. The lowest BCUT2D eigenvalue weighted by molar-refractivity contribution is -0.139. The molecular weight excluding hydrogens is 519 g/mol. The first kappa shape index (κ1) is 24.7. The highest BCUT2D eigenvalue weighted by molar-refractivity contribution is 8.03. The van der Waals surface area contributed by atoms with Crippen LogP contribution >= 0.6 is 46.6 Å². The molecule has 33 heavy (non-hydrogen) atoms. The standard InChI is InChI=1S/C20H13Cl3N2O7S/c1-30-14-3-2-10(21)7-11(14)18-24-25-20(32-18)33-15(19(28)29)6-9-4-12(22)17(13(23)5-9)31-8-16(26)27/h2-7H,8H2,1H3,(H,26,27)(H,28,29)/b15-6-. The molecule has 1 aromatic heterocycles. The van der Waals surface area contributed by atoms with Gasteiger partial charge in [-0.1, -0.05) is 34.8 Å². The molecule has 0 bridgehead atoms. The Morgan fingerprint density at radius 2 is 1.82 bits per heavy atom. The summed E-state index contributed by atoms with van der Waals surface area (Å²) in [5, 5.41) is 26.5. The van der Waals surface area contributed by atoms with E-state index in [9.17, 15) is 14.7 Å². The third-order valence-electron chi connectivity index (χ3n) is 3.86. The van der Waals surface area contributed by atoms with E-state index in [1.807, 2.05) is 0 Å². The fourth-order valence-electron chi connectivity index (χ4n) is 2.52. The van der Waals surface area contributed by atoms with Gasteiger partial charge >= 0.3 is 11.9 Å². The number of benzene rings is 2. The fraction of sp³-hybridized carbons (Fsp3) is 0.100. The van der Waals surface area contributed by atoms with E-state index < -0.39 is 18.5 Å². The summed E-state index contributed by atoms with van der Waals surface area (Å²) >= 11 is 18.9. The average Bonchev–Trinajstić information content (AvgIpc) is 3.21. The molecule has 0 aliphatic heterocycles. The summed E-state index contributed by atoms with van der Waals surface area (Å²) in [7, 11) is 1.47. The molecule has 0 radical (unpaired) electrons. The smallest absolute Gasteiger partial charge is 0.342 e. The molecule has 9 nitrogen and oxygen atoms in total. The highest BCUT2D eigenvalue weighted by atomic mass is 35.5. The number of carbonyl (C=O) groups is 2. The number of methoxy groups -OCH3 is 1. The van der Waals surface area contributed by atoms with Gasteiger partial charge in [0.1, 0.15) is 10.7 Å². The largest absolute Gasteiger partial charge is 0.496 e. The Morgan fingerprint density at radius 3 is 2.42 bits per heavy atom. The molecule has 3 aromatic rings. The van der Waals surface area contributed by atoms with Crippen molar-refractivity contribution in [2.45, 2.75) is 5.22 Å². The van der Waals surface area contributed by atoms with Gasteiger partial charge in [0.05, 0.1) is 22.7 Å². The summed E-state index contributed by atoms with van der Waals surface area (Å²) in [5.74, 6) is -1.96. The minimum Gasteiger partial charge on any atom is -0.496 e. The minimum absolute atomic E-state index is 0.0119. The Balaban J connectivity index is 1.88. The molecule has 2 N–H and O–H groups in total. The van der Waals surface area contributed by atoms with Crippen molar-refractivity contribution < 1.29 is 33.7 Å². The Labute approximate surface area is 205 Å². The van der Waals surface area contributed by atoms with Crippen LogP contribution < -0.4 is 9.47 Å². The zero-order valence-corrected chi connectivity index (χ0v) is 19.6. The van der Waals surface area contributed by atoms with E-state index in [0.717, 1.165) is 0 Å². The highest BCUT2D eigenvalue weighted by Gasteiger charge is 2.19.